The van der Waals surface area contributed by atoms with Crippen molar-refractivity contribution in [3.8, 4) is 29.6 Å². The van der Waals surface area contributed by atoms with Gasteiger partial charge in [0.2, 0.25) is 0 Å². The molecule has 7 nitrogen and oxygen atoms in total. The largest absolute Gasteiger partial charge is 0.463 e. The highest BCUT2D eigenvalue weighted by Crippen LogP contribution is 2.39. The van der Waals surface area contributed by atoms with Crippen molar-refractivity contribution in [2.45, 2.75) is 31.2 Å². The van der Waals surface area contributed by atoms with Crippen LogP contribution >= 0.6 is 0 Å². The summed E-state index contributed by atoms with van der Waals surface area (Å²) in [7, 11) is 0. The Labute approximate surface area is 205 Å². The number of terminal acetylenes is 1. The Morgan fingerprint density at radius 3 is 2.75 bits per heavy atom. The van der Waals surface area contributed by atoms with E-state index in [4.69, 9.17) is 16.9 Å². The van der Waals surface area contributed by atoms with Crippen LogP contribution in [0.1, 0.15) is 31.2 Å². The van der Waals surface area contributed by atoms with E-state index in [1.165, 1.54) is 24.4 Å². The third-order valence-corrected chi connectivity index (χ3v) is 7.45. The normalized spacial score (nSPS) is 16.9. The second-order valence-electron chi connectivity index (χ2n) is 9.49. The molecule has 2 fully saturated rings. The number of hydrogen-bond donors (Lipinski definition) is 2. The third kappa shape index (κ3) is 3.40. The number of benzene rings is 2. The summed E-state index contributed by atoms with van der Waals surface area (Å²) in [6, 6.07) is 5.82. The molecule has 2 aromatic carbocycles. The third-order valence-electron chi connectivity index (χ3n) is 7.45. The van der Waals surface area contributed by atoms with Crippen LogP contribution in [0.3, 0.4) is 0 Å². The van der Waals surface area contributed by atoms with E-state index >= 15 is 4.39 Å². The SMILES string of the molecule is C#Cc1c(F)ccc2cc(N)cc(-c3ncc4c(=O)[nH]c(OCC56CCCN5CCC6)nc4c3F)c12. The van der Waals surface area contributed by atoms with Crippen LogP contribution in [0, 0.1) is 24.0 Å². The van der Waals surface area contributed by atoms with Crippen LogP contribution in [0.5, 0.6) is 6.01 Å². The zero-order valence-corrected chi connectivity index (χ0v) is 19.4. The monoisotopic (exact) mass is 487 g/mol. The van der Waals surface area contributed by atoms with Crippen molar-refractivity contribution in [2.75, 3.05) is 25.4 Å². The minimum absolute atomic E-state index is 0.0244. The number of nitrogens with two attached hydrogens (primary N) is 1. The van der Waals surface area contributed by atoms with E-state index in [0.717, 1.165) is 38.8 Å². The number of fused-ring (bicyclic) bond motifs is 3. The number of rotatable bonds is 4. The van der Waals surface area contributed by atoms with Gasteiger partial charge < -0.3 is 10.5 Å². The predicted octanol–water partition coefficient (Wildman–Crippen LogP) is 3.99. The molecule has 36 heavy (non-hydrogen) atoms. The molecule has 0 radical (unpaired) electrons. The van der Waals surface area contributed by atoms with Crippen molar-refractivity contribution in [2.24, 2.45) is 0 Å². The van der Waals surface area contributed by atoms with Gasteiger partial charge in [0, 0.05) is 22.8 Å². The molecule has 4 aromatic rings. The summed E-state index contributed by atoms with van der Waals surface area (Å²) in [6.45, 7) is 2.43. The van der Waals surface area contributed by atoms with Crippen LogP contribution in [-0.4, -0.2) is 45.1 Å². The van der Waals surface area contributed by atoms with E-state index in [0.29, 0.717) is 23.1 Å². The van der Waals surface area contributed by atoms with Crippen molar-refractivity contribution in [1.82, 2.24) is 19.9 Å². The van der Waals surface area contributed by atoms with E-state index in [2.05, 4.69) is 25.8 Å². The number of H-pyrrole nitrogens is 1. The number of nitrogens with one attached hydrogen (secondary N) is 1. The van der Waals surface area contributed by atoms with Crippen LogP contribution < -0.4 is 16.0 Å². The van der Waals surface area contributed by atoms with Gasteiger partial charge in [-0.1, -0.05) is 12.0 Å². The van der Waals surface area contributed by atoms with E-state index in [9.17, 15) is 9.18 Å². The van der Waals surface area contributed by atoms with E-state index in [1.54, 1.807) is 6.07 Å². The zero-order chi connectivity index (χ0) is 25.0. The Kier molecular flexibility index (Phi) is 5.16. The van der Waals surface area contributed by atoms with Gasteiger partial charge in [-0.3, -0.25) is 19.7 Å². The van der Waals surface area contributed by atoms with Crippen molar-refractivity contribution in [1.29, 1.82) is 0 Å². The topological polar surface area (TPSA) is 97.1 Å². The fraction of sp³-hybridized carbons (Fsp3) is 0.296. The zero-order valence-electron chi connectivity index (χ0n) is 19.4. The van der Waals surface area contributed by atoms with Gasteiger partial charge in [-0.05, 0) is 62.4 Å². The Morgan fingerprint density at radius 2 is 2.00 bits per heavy atom. The highest BCUT2D eigenvalue weighted by molar-refractivity contribution is 6.03. The maximum absolute atomic E-state index is 15.9. The first-order valence-electron chi connectivity index (χ1n) is 11.9. The van der Waals surface area contributed by atoms with E-state index in [-0.39, 0.29) is 39.3 Å². The van der Waals surface area contributed by atoms with Crippen molar-refractivity contribution >= 4 is 27.4 Å². The Hall–Kier alpha value is -4.03. The molecule has 2 saturated heterocycles. The highest BCUT2D eigenvalue weighted by Gasteiger charge is 2.45. The molecule has 2 aromatic heterocycles. The summed E-state index contributed by atoms with van der Waals surface area (Å²) in [5.41, 5.74) is 5.61. The molecule has 0 saturated carbocycles. The lowest BCUT2D eigenvalue weighted by molar-refractivity contribution is 0.107. The van der Waals surface area contributed by atoms with Crippen LogP contribution in [0.15, 0.2) is 35.3 Å². The number of anilines is 1. The van der Waals surface area contributed by atoms with Crippen molar-refractivity contribution in [3.63, 3.8) is 0 Å². The molecule has 0 atom stereocenters. The highest BCUT2D eigenvalue weighted by atomic mass is 19.1. The van der Waals surface area contributed by atoms with E-state index < -0.39 is 17.2 Å². The summed E-state index contributed by atoms with van der Waals surface area (Å²) >= 11 is 0. The lowest BCUT2D eigenvalue weighted by atomic mass is 9.95. The molecule has 2 aliphatic rings. The summed E-state index contributed by atoms with van der Waals surface area (Å²) in [4.78, 5) is 26.2. The van der Waals surface area contributed by atoms with Crippen LogP contribution in [-0.2, 0) is 0 Å². The Balaban J connectivity index is 1.48. The summed E-state index contributed by atoms with van der Waals surface area (Å²) < 4.78 is 36.4. The van der Waals surface area contributed by atoms with Gasteiger partial charge in [0.1, 0.15) is 23.6 Å². The molecule has 0 aliphatic carbocycles. The minimum Gasteiger partial charge on any atom is -0.463 e. The molecule has 0 spiro atoms. The summed E-state index contributed by atoms with van der Waals surface area (Å²) in [5, 5.41) is 0.822. The van der Waals surface area contributed by atoms with Crippen LogP contribution in [0.25, 0.3) is 32.9 Å². The fourth-order valence-electron chi connectivity index (χ4n) is 5.76. The van der Waals surface area contributed by atoms with Gasteiger partial charge in [0.05, 0.1) is 16.5 Å². The number of aromatic amines is 1. The average molecular weight is 488 g/mol. The Morgan fingerprint density at radius 1 is 1.22 bits per heavy atom. The minimum atomic E-state index is -0.843. The summed E-state index contributed by atoms with van der Waals surface area (Å²) in [5.74, 6) is 0.884. The maximum Gasteiger partial charge on any atom is 0.297 e. The lowest BCUT2D eigenvalue weighted by Crippen LogP contribution is -2.43. The summed E-state index contributed by atoms with van der Waals surface area (Å²) in [6.07, 6.45) is 11.1. The molecule has 6 rings (SSSR count). The standard InChI is InChI=1S/C27H23F2N5O2/c1-2-17-20(28)6-5-15-11-16(30)12-18(21(15)17)23-22(29)24-19(13-31-23)25(35)33-26(32-24)36-14-27-7-3-9-34(27)10-4-8-27/h1,5-6,11-13H,3-4,7-10,14,30H2,(H,32,33,35). The number of nitrogens with zero attached hydrogens (tertiary/aromatic N) is 3. The molecular weight excluding hydrogens is 464 g/mol. The Bertz CT molecular complexity index is 1630. The molecule has 9 heteroatoms. The molecule has 0 amide bonds. The van der Waals surface area contributed by atoms with Crippen LogP contribution in [0.4, 0.5) is 14.5 Å². The second-order valence-corrected chi connectivity index (χ2v) is 9.49. The second kappa shape index (κ2) is 8.28. The van der Waals surface area contributed by atoms with Gasteiger partial charge in [-0.2, -0.15) is 4.98 Å². The molecule has 4 heterocycles. The molecule has 0 unspecified atom stereocenters. The molecule has 2 aliphatic heterocycles. The predicted molar refractivity (Wildman–Crippen MR) is 134 cm³/mol. The van der Waals surface area contributed by atoms with Crippen molar-refractivity contribution < 1.29 is 13.5 Å². The van der Waals surface area contributed by atoms with Gasteiger partial charge in [-0.15, -0.1) is 6.42 Å². The van der Waals surface area contributed by atoms with Crippen molar-refractivity contribution in [3.05, 3.63) is 58.0 Å². The van der Waals surface area contributed by atoms with E-state index in [1.807, 2.05) is 0 Å². The number of ether oxygens (including phenoxy) is 1. The van der Waals surface area contributed by atoms with Gasteiger partial charge in [-0.25, -0.2) is 8.78 Å². The first-order valence-corrected chi connectivity index (χ1v) is 11.9. The van der Waals surface area contributed by atoms with Gasteiger partial charge >= 0.3 is 0 Å². The molecule has 0 bridgehead atoms. The number of pyridine rings is 1. The van der Waals surface area contributed by atoms with Crippen LogP contribution in [0.2, 0.25) is 0 Å². The number of hydrogen-bond acceptors (Lipinski definition) is 6. The van der Waals surface area contributed by atoms with Gasteiger partial charge in [0.25, 0.3) is 11.6 Å². The lowest BCUT2D eigenvalue weighted by Gasteiger charge is -2.31. The first kappa shape index (κ1) is 22.4. The first-order chi connectivity index (χ1) is 17.4. The molecule has 182 valence electrons. The quantitative estimate of drug-likeness (QED) is 0.334. The molecular formula is C27H23F2N5O2. The van der Waals surface area contributed by atoms with Gasteiger partial charge in [0.15, 0.2) is 5.82 Å². The number of halogens is 2. The average Bonchev–Trinajstić information content (AvgIpc) is 3.44. The molecule has 3 N–H and O–H groups in total. The maximum atomic E-state index is 15.9. The number of aromatic nitrogens is 3. The number of nitrogen functional groups attached to an aromatic ring is 1. The smallest absolute Gasteiger partial charge is 0.297 e. The fourth-order valence-corrected chi connectivity index (χ4v) is 5.76.